The molecule has 2 aliphatic heterocycles. The zero-order valence-corrected chi connectivity index (χ0v) is 19.7. The van der Waals surface area contributed by atoms with Crippen LogP contribution in [0, 0.1) is 0 Å². The van der Waals surface area contributed by atoms with Gasteiger partial charge in [0.2, 0.25) is 0 Å². The Kier molecular flexibility index (Phi) is 5.85. The van der Waals surface area contributed by atoms with Crippen molar-refractivity contribution in [1.29, 1.82) is 0 Å². The minimum absolute atomic E-state index is 0.262. The summed E-state index contributed by atoms with van der Waals surface area (Å²) in [4.78, 5) is 15.9. The molecule has 5 rings (SSSR count). The second-order valence-electron chi connectivity index (χ2n) is 7.83. The standard InChI is InChI=1S/C23H24BrN3S2/c1-2-3-7-18-16-5-4-6-17(16)19-20-21(29-22(19)27-18)23(26-13-25-20)28-12-14-8-10-15(24)11-9-14/h8-11,13,19,22H,2-7,12H2,1H3/t19-,22+/m1/s1. The summed E-state index contributed by atoms with van der Waals surface area (Å²) in [5.41, 5.74) is 7.12. The van der Waals surface area contributed by atoms with Crippen molar-refractivity contribution in [1.82, 2.24) is 9.97 Å². The molecule has 0 saturated heterocycles. The van der Waals surface area contributed by atoms with Gasteiger partial charge in [-0.1, -0.05) is 58.7 Å². The number of dihydropyridines is 1. The SMILES string of the molecule is CCCCC1=N[C@H]2Sc3c(SCc4ccc(Br)cc4)ncnc3[C@H]2C2=C1CCC2. The summed E-state index contributed by atoms with van der Waals surface area (Å²) in [6.45, 7) is 2.26. The van der Waals surface area contributed by atoms with Crippen LogP contribution in [-0.2, 0) is 5.75 Å². The molecule has 0 bridgehead atoms. The van der Waals surface area contributed by atoms with Gasteiger partial charge in [-0.05, 0) is 55.4 Å². The number of aromatic nitrogens is 2. The molecule has 0 fully saturated rings. The van der Waals surface area contributed by atoms with Crippen molar-refractivity contribution in [2.75, 3.05) is 0 Å². The van der Waals surface area contributed by atoms with Crippen LogP contribution in [0.5, 0.6) is 0 Å². The van der Waals surface area contributed by atoms with E-state index in [4.69, 9.17) is 9.98 Å². The van der Waals surface area contributed by atoms with Crippen LogP contribution in [0.1, 0.15) is 62.6 Å². The minimum atomic E-state index is 0.262. The molecule has 3 nitrogen and oxygen atoms in total. The van der Waals surface area contributed by atoms with Crippen LogP contribution in [-0.4, -0.2) is 21.1 Å². The first-order valence-corrected chi connectivity index (χ1v) is 13.1. The van der Waals surface area contributed by atoms with Crippen molar-refractivity contribution in [2.45, 2.75) is 72.4 Å². The van der Waals surface area contributed by atoms with Crippen molar-refractivity contribution in [3.05, 3.63) is 57.5 Å². The Balaban J connectivity index is 1.42. The molecule has 6 heteroatoms. The Bertz CT molecular complexity index is 984. The van der Waals surface area contributed by atoms with Gasteiger partial charge in [0.15, 0.2) is 0 Å². The lowest BCUT2D eigenvalue weighted by Crippen LogP contribution is -2.21. The molecule has 0 spiro atoms. The number of hydrogen-bond donors (Lipinski definition) is 0. The molecule has 29 heavy (non-hydrogen) atoms. The number of rotatable bonds is 6. The van der Waals surface area contributed by atoms with Gasteiger partial charge in [0.25, 0.3) is 0 Å². The first-order valence-electron chi connectivity index (χ1n) is 10.4. The molecule has 0 radical (unpaired) electrons. The lowest BCUT2D eigenvalue weighted by Gasteiger charge is -2.26. The highest BCUT2D eigenvalue weighted by Gasteiger charge is 2.43. The minimum Gasteiger partial charge on any atom is -0.274 e. The Morgan fingerprint density at radius 1 is 1.17 bits per heavy atom. The molecule has 150 valence electrons. The number of aliphatic imine (C=N–C) groups is 1. The fourth-order valence-electron chi connectivity index (χ4n) is 4.53. The number of allylic oxidation sites excluding steroid dienone is 1. The molecule has 3 aliphatic rings. The van der Waals surface area contributed by atoms with Gasteiger partial charge in [0.05, 0.1) is 16.5 Å². The number of halogens is 1. The molecule has 3 heterocycles. The van der Waals surface area contributed by atoms with E-state index in [-0.39, 0.29) is 5.37 Å². The lowest BCUT2D eigenvalue weighted by molar-refractivity contribution is 0.687. The summed E-state index contributed by atoms with van der Waals surface area (Å²) >= 11 is 7.23. The van der Waals surface area contributed by atoms with Crippen LogP contribution < -0.4 is 0 Å². The Morgan fingerprint density at radius 2 is 2.03 bits per heavy atom. The van der Waals surface area contributed by atoms with Gasteiger partial charge in [-0.3, -0.25) is 4.99 Å². The van der Waals surface area contributed by atoms with E-state index in [0.717, 1.165) is 21.7 Å². The molecule has 0 amide bonds. The number of benzene rings is 1. The Morgan fingerprint density at radius 3 is 2.86 bits per heavy atom. The number of hydrogen-bond acceptors (Lipinski definition) is 5. The summed E-state index contributed by atoms with van der Waals surface area (Å²) in [5, 5.41) is 1.38. The first-order chi connectivity index (χ1) is 14.2. The van der Waals surface area contributed by atoms with Gasteiger partial charge in [-0.2, -0.15) is 0 Å². The largest absolute Gasteiger partial charge is 0.274 e. The third-order valence-electron chi connectivity index (χ3n) is 5.94. The molecule has 1 aromatic heterocycles. The van der Waals surface area contributed by atoms with Crippen molar-refractivity contribution in [3.63, 3.8) is 0 Å². The first kappa shape index (κ1) is 19.8. The van der Waals surface area contributed by atoms with Crippen LogP contribution in [0.25, 0.3) is 0 Å². The monoisotopic (exact) mass is 485 g/mol. The van der Waals surface area contributed by atoms with E-state index in [1.165, 1.54) is 54.0 Å². The number of nitrogens with zero attached hydrogens (tertiary/aromatic N) is 3. The Hall–Kier alpha value is -1.11. The van der Waals surface area contributed by atoms with E-state index in [1.54, 1.807) is 17.5 Å². The van der Waals surface area contributed by atoms with Crippen molar-refractivity contribution >= 4 is 45.2 Å². The second-order valence-corrected chi connectivity index (χ2v) is 10.8. The zero-order chi connectivity index (χ0) is 19.8. The van der Waals surface area contributed by atoms with Crippen molar-refractivity contribution in [2.24, 2.45) is 4.99 Å². The molecule has 1 aromatic carbocycles. The van der Waals surface area contributed by atoms with Crippen molar-refractivity contribution in [3.8, 4) is 0 Å². The maximum absolute atomic E-state index is 5.25. The molecule has 2 aromatic rings. The normalized spacial score (nSPS) is 22.3. The molecule has 2 atom stereocenters. The molecule has 0 saturated carbocycles. The van der Waals surface area contributed by atoms with E-state index in [2.05, 4.69) is 52.1 Å². The maximum atomic E-state index is 5.25. The highest BCUT2D eigenvalue weighted by atomic mass is 79.9. The highest BCUT2D eigenvalue weighted by Crippen LogP contribution is 2.56. The van der Waals surface area contributed by atoms with E-state index in [0.29, 0.717) is 5.92 Å². The fraction of sp³-hybridized carbons (Fsp3) is 0.435. The number of unbranched alkanes of at least 4 members (excludes halogenated alkanes) is 1. The predicted molar refractivity (Wildman–Crippen MR) is 126 cm³/mol. The van der Waals surface area contributed by atoms with E-state index < -0.39 is 0 Å². The van der Waals surface area contributed by atoms with Crippen LogP contribution in [0.2, 0.25) is 0 Å². The summed E-state index contributed by atoms with van der Waals surface area (Å²) in [6, 6.07) is 8.55. The van der Waals surface area contributed by atoms with Gasteiger partial charge in [0.1, 0.15) is 16.7 Å². The highest BCUT2D eigenvalue weighted by molar-refractivity contribution is 9.10. The Labute approximate surface area is 189 Å². The summed E-state index contributed by atoms with van der Waals surface area (Å²) in [6.07, 6.45) is 9.05. The zero-order valence-electron chi connectivity index (χ0n) is 16.5. The molecule has 0 N–H and O–H groups in total. The van der Waals surface area contributed by atoms with Crippen LogP contribution in [0.4, 0.5) is 0 Å². The molecule has 0 unspecified atom stereocenters. The third kappa shape index (κ3) is 3.84. The van der Waals surface area contributed by atoms with Gasteiger partial charge in [-0.15, -0.1) is 11.8 Å². The quantitative estimate of drug-likeness (QED) is 0.320. The smallest absolute Gasteiger partial charge is 0.117 e. The van der Waals surface area contributed by atoms with Gasteiger partial charge in [-0.25, -0.2) is 9.97 Å². The van der Waals surface area contributed by atoms with Gasteiger partial charge in [0, 0.05) is 15.9 Å². The molecular formula is C23H24BrN3S2. The van der Waals surface area contributed by atoms with E-state index in [1.807, 2.05) is 23.5 Å². The average molecular weight is 487 g/mol. The van der Waals surface area contributed by atoms with Gasteiger partial charge >= 0.3 is 0 Å². The summed E-state index contributed by atoms with van der Waals surface area (Å²) in [5.74, 6) is 1.29. The van der Waals surface area contributed by atoms with Crippen molar-refractivity contribution < 1.29 is 0 Å². The number of fused-ring (bicyclic) bond motifs is 4. The summed E-state index contributed by atoms with van der Waals surface area (Å²) in [7, 11) is 0. The van der Waals surface area contributed by atoms with E-state index >= 15 is 0 Å². The average Bonchev–Trinajstić information content (AvgIpc) is 3.36. The van der Waals surface area contributed by atoms with Crippen LogP contribution in [0.15, 0.2) is 61.1 Å². The van der Waals surface area contributed by atoms with Gasteiger partial charge < -0.3 is 0 Å². The number of thioether (sulfide) groups is 2. The van der Waals surface area contributed by atoms with Crippen LogP contribution >= 0.6 is 39.5 Å². The molecule has 1 aliphatic carbocycles. The maximum Gasteiger partial charge on any atom is 0.117 e. The molecular weight excluding hydrogens is 462 g/mol. The summed E-state index contributed by atoms with van der Waals surface area (Å²) < 4.78 is 1.12. The second kappa shape index (κ2) is 8.56. The van der Waals surface area contributed by atoms with E-state index in [9.17, 15) is 0 Å². The lowest BCUT2D eigenvalue weighted by atomic mass is 9.87. The predicted octanol–water partition coefficient (Wildman–Crippen LogP) is 7.17. The van der Waals surface area contributed by atoms with Crippen LogP contribution in [0.3, 0.4) is 0 Å². The fourth-order valence-corrected chi connectivity index (χ4v) is 7.27. The third-order valence-corrected chi connectivity index (χ3v) is 8.92. The topological polar surface area (TPSA) is 38.1 Å².